The van der Waals surface area contributed by atoms with Crippen molar-refractivity contribution in [2.24, 2.45) is 0 Å². The van der Waals surface area contributed by atoms with Gasteiger partial charge in [0, 0.05) is 28.7 Å². The van der Waals surface area contributed by atoms with Crippen molar-refractivity contribution in [3.8, 4) is 17.3 Å². The molecule has 4 rings (SSSR count). The van der Waals surface area contributed by atoms with Crippen molar-refractivity contribution >= 4 is 29.0 Å². The van der Waals surface area contributed by atoms with Gasteiger partial charge in [0.1, 0.15) is 0 Å². The molecule has 1 atom stereocenters. The van der Waals surface area contributed by atoms with Gasteiger partial charge in [-0.15, -0.1) is 0 Å². The first-order valence-electron chi connectivity index (χ1n) is 10.5. The molecule has 33 heavy (non-hydrogen) atoms. The second kappa shape index (κ2) is 9.67. The molecule has 0 saturated heterocycles. The number of esters is 1. The summed E-state index contributed by atoms with van der Waals surface area (Å²) in [6.45, 7) is 2.31. The molecule has 0 saturated carbocycles. The summed E-state index contributed by atoms with van der Waals surface area (Å²) in [5.41, 5.74) is 4.39. The van der Waals surface area contributed by atoms with Crippen LogP contribution in [-0.2, 0) is 16.1 Å². The molecule has 1 unspecified atom stereocenters. The molecule has 1 aliphatic heterocycles. The third-order valence-electron chi connectivity index (χ3n) is 5.51. The largest absolute Gasteiger partial charge is 0.466 e. The van der Waals surface area contributed by atoms with Gasteiger partial charge in [0.15, 0.2) is 5.11 Å². The van der Waals surface area contributed by atoms with Gasteiger partial charge < -0.3 is 10.1 Å². The minimum absolute atomic E-state index is 0.326. The first kappa shape index (κ1) is 22.2. The van der Waals surface area contributed by atoms with Crippen molar-refractivity contribution in [1.82, 2.24) is 15.1 Å². The Kier molecular flexibility index (Phi) is 6.52. The number of para-hydroxylation sites is 1. The van der Waals surface area contributed by atoms with E-state index < -0.39 is 12.0 Å². The van der Waals surface area contributed by atoms with Crippen LogP contribution < -0.4 is 10.2 Å². The zero-order valence-corrected chi connectivity index (χ0v) is 19.2. The summed E-state index contributed by atoms with van der Waals surface area (Å²) in [7, 11) is 1.37. The molecule has 2 aromatic carbocycles. The first-order chi connectivity index (χ1) is 16.0. The summed E-state index contributed by atoms with van der Waals surface area (Å²) in [6.07, 6.45) is 2.20. The number of nitriles is 1. The average molecular weight is 458 g/mol. The smallest absolute Gasteiger partial charge is 0.337 e. The normalized spacial score (nSPS) is 15.7. The minimum Gasteiger partial charge on any atom is -0.466 e. The monoisotopic (exact) mass is 457 g/mol. The van der Waals surface area contributed by atoms with E-state index in [9.17, 15) is 4.79 Å². The standard InChI is InChI=1S/C25H23N5O2S/c1-17-21(24(31)32-2)23(27-25(33)30(17)19-12-7-4-8-13-19)20-16-29(15-9-14-26)28-22(20)18-10-5-3-6-11-18/h3-8,10-13,16,23H,9,15H2,1-2H3,(H,27,33). The molecule has 0 radical (unpaired) electrons. The summed E-state index contributed by atoms with van der Waals surface area (Å²) in [5.74, 6) is -0.447. The fourth-order valence-electron chi connectivity index (χ4n) is 3.99. The number of ether oxygens (including phenoxy) is 1. The van der Waals surface area contributed by atoms with Crippen LogP contribution in [0.3, 0.4) is 0 Å². The Morgan fingerprint density at radius 1 is 1.18 bits per heavy atom. The molecular formula is C25H23N5O2S. The number of allylic oxidation sites excluding steroid dienone is 1. The van der Waals surface area contributed by atoms with E-state index in [-0.39, 0.29) is 0 Å². The van der Waals surface area contributed by atoms with Gasteiger partial charge in [-0.05, 0) is 31.3 Å². The number of hydrogen-bond acceptors (Lipinski definition) is 5. The van der Waals surface area contributed by atoms with Crippen molar-refractivity contribution in [2.45, 2.75) is 25.9 Å². The SMILES string of the molecule is COC(=O)C1=C(C)N(c2ccccc2)C(=S)NC1c1cn(CCC#N)nc1-c1ccccc1. The predicted molar refractivity (Wildman–Crippen MR) is 130 cm³/mol. The number of anilines is 1. The molecule has 0 amide bonds. The highest BCUT2D eigenvalue weighted by Crippen LogP contribution is 2.37. The van der Waals surface area contributed by atoms with Gasteiger partial charge in [0.05, 0.1) is 43.5 Å². The number of thiocarbonyl (C=S) groups is 1. The topological polar surface area (TPSA) is 83.2 Å². The van der Waals surface area contributed by atoms with Gasteiger partial charge in [-0.2, -0.15) is 10.4 Å². The molecule has 1 aliphatic rings. The first-order valence-corrected chi connectivity index (χ1v) is 10.9. The second-order valence-corrected chi connectivity index (χ2v) is 7.90. The van der Waals surface area contributed by atoms with Crippen LogP contribution >= 0.6 is 12.2 Å². The average Bonchev–Trinajstić information content (AvgIpc) is 3.27. The number of nitrogens with one attached hydrogen (secondary N) is 1. The summed E-state index contributed by atoms with van der Waals surface area (Å²) in [4.78, 5) is 14.8. The Hall–Kier alpha value is -3.96. The van der Waals surface area contributed by atoms with Gasteiger partial charge >= 0.3 is 5.97 Å². The Morgan fingerprint density at radius 2 is 1.85 bits per heavy atom. The maximum absolute atomic E-state index is 13.0. The molecule has 3 aromatic rings. The van der Waals surface area contributed by atoms with Gasteiger partial charge in [-0.25, -0.2) is 4.79 Å². The highest BCUT2D eigenvalue weighted by molar-refractivity contribution is 7.80. The van der Waals surface area contributed by atoms with Crippen LogP contribution in [0.2, 0.25) is 0 Å². The van der Waals surface area contributed by atoms with Crippen molar-refractivity contribution in [2.75, 3.05) is 12.0 Å². The molecule has 8 heteroatoms. The van der Waals surface area contributed by atoms with Gasteiger partial charge in [-0.3, -0.25) is 9.58 Å². The van der Waals surface area contributed by atoms with E-state index in [2.05, 4.69) is 11.4 Å². The summed E-state index contributed by atoms with van der Waals surface area (Å²) in [6, 6.07) is 21.0. The van der Waals surface area contributed by atoms with Crippen LogP contribution in [0.4, 0.5) is 5.69 Å². The summed E-state index contributed by atoms with van der Waals surface area (Å²) >= 11 is 5.73. The predicted octanol–water partition coefficient (Wildman–Crippen LogP) is 4.35. The number of methoxy groups -OCH3 is 1. The molecule has 0 aliphatic carbocycles. The fraction of sp³-hybridized carbons (Fsp3) is 0.200. The van der Waals surface area contributed by atoms with E-state index in [4.69, 9.17) is 27.3 Å². The van der Waals surface area contributed by atoms with E-state index in [1.807, 2.05) is 78.7 Å². The fourth-order valence-corrected chi connectivity index (χ4v) is 4.35. The van der Waals surface area contributed by atoms with Gasteiger partial charge in [0.25, 0.3) is 0 Å². The zero-order valence-electron chi connectivity index (χ0n) is 18.4. The number of carbonyl (C=O) groups excluding carboxylic acids is 1. The molecule has 0 spiro atoms. The Bertz CT molecular complexity index is 1240. The number of carbonyl (C=O) groups is 1. The Balaban J connectivity index is 1.88. The Morgan fingerprint density at radius 3 is 2.48 bits per heavy atom. The Labute approximate surface area is 197 Å². The van der Waals surface area contributed by atoms with Crippen LogP contribution in [0.5, 0.6) is 0 Å². The number of aromatic nitrogens is 2. The number of aryl methyl sites for hydroxylation is 1. The molecule has 1 N–H and O–H groups in total. The molecular weight excluding hydrogens is 434 g/mol. The maximum atomic E-state index is 13.0. The summed E-state index contributed by atoms with van der Waals surface area (Å²) < 4.78 is 6.91. The van der Waals surface area contributed by atoms with Crippen LogP contribution in [0, 0.1) is 11.3 Å². The third kappa shape index (κ3) is 4.36. The lowest BCUT2D eigenvalue weighted by Crippen LogP contribution is -2.48. The van der Waals surface area contributed by atoms with E-state index in [1.54, 1.807) is 4.68 Å². The lowest BCUT2D eigenvalue weighted by molar-refractivity contribution is -0.136. The van der Waals surface area contributed by atoms with Gasteiger partial charge in [0.2, 0.25) is 0 Å². The van der Waals surface area contributed by atoms with Crippen molar-refractivity contribution in [1.29, 1.82) is 5.26 Å². The molecule has 0 bridgehead atoms. The third-order valence-corrected chi connectivity index (χ3v) is 5.81. The quantitative estimate of drug-likeness (QED) is 0.435. The minimum atomic E-state index is -0.559. The van der Waals surface area contributed by atoms with E-state index in [1.165, 1.54) is 7.11 Å². The zero-order chi connectivity index (χ0) is 23.4. The van der Waals surface area contributed by atoms with Crippen molar-refractivity contribution in [3.05, 3.63) is 83.7 Å². The number of rotatable bonds is 6. The number of nitrogens with zero attached hydrogens (tertiary/aromatic N) is 4. The highest BCUT2D eigenvalue weighted by Gasteiger charge is 2.37. The van der Waals surface area contributed by atoms with E-state index in [0.29, 0.717) is 29.3 Å². The maximum Gasteiger partial charge on any atom is 0.337 e. The summed E-state index contributed by atoms with van der Waals surface area (Å²) in [5, 5.41) is 17.6. The molecule has 7 nitrogen and oxygen atoms in total. The van der Waals surface area contributed by atoms with Crippen molar-refractivity contribution < 1.29 is 9.53 Å². The highest BCUT2D eigenvalue weighted by atomic mass is 32.1. The molecule has 166 valence electrons. The van der Waals surface area contributed by atoms with Crippen LogP contribution in [0.15, 0.2) is 78.1 Å². The lowest BCUT2D eigenvalue weighted by atomic mass is 9.93. The number of benzene rings is 2. The number of hydrogen-bond donors (Lipinski definition) is 1. The molecule has 2 heterocycles. The van der Waals surface area contributed by atoms with Crippen LogP contribution in [-0.4, -0.2) is 28.0 Å². The van der Waals surface area contributed by atoms with E-state index in [0.717, 1.165) is 22.5 Å². The van der Waals surface area contributed by atoms with Gasteiger partial charge in [-0.1, -0.05) is 48.5 Å². The van der Waals surface area contributed by atoms with Crippen LogP contribution in [0.25, 0.3) is 11.3 Å². The van der Waals surface area contributed by atoms with Crippen molar-refractivity contribution in [3.63, 3.8) is 0 Å². The second-order valence-electron chi connectivity index (χ2n) is 7.51. The lowest BCUT2D eigenvalue weighted by Gasteiger charge is -2.37. The molecule has 0 fully saturated rings. The van der Waals surface area contributed by atoms with E-state index >= 15 is 0 Å². The molecule has 1 aromatic heterocycles. The van der Waals surface area contributed by atoms with Crippen LogP contribution in [0.1, 0.15) is 24.9 Å².